The molecule has 0 aliphatic rings. The number of rotatable bonds is 8. The lowest BCUT2D eigenvalue weighted by atomic mass is 10.2. The zero-order chi connectivity index (χ0) is 21.7. The van der Waals surface area contributed by atoms with Gasteiger partial charge in [-0.1, -0.05) is 15.9 Å². The number of benzene rings is 2. The fourth-order valence-electron chi connectivity index (χ4n) is 2.74. The van der Waals surface area contributed by atoms with Gasteiger partial charge in [-0.25, -0.2) is 14.4 Å². The Kier molecular flexibility index (Phi) is 7.01. The Bertz CT molecular complexity index is 1060. The van der Waals surface area contributed by atoms with E-state index in [1.807, 2.05) is 14.1 Å². The summed E-state index contributed by atoms with van der Waals surface area (Å²) in [6, 6.07) is 8.07. The lowest BCUT2D eigenvalue weighted by molar-refractivity contribution is -0.121. The first-order chi connectivity index (χ1) is 14.3. The van der Waals surface area contributed by atoms with Crippen molar-refractivity contribution < 1.29 is 13.9 Å². The van der Waals surface area contributed by atoms with E-state index >= 15 is 0 Å². The van der Waals surface area contributed by atoms with Gasteiger partial charge in [-0.2, -0.15) is 0 Å². The molecule has 0 saturated heterocycles. The molecule has 0 bridgehead atoms. The number of carbonyl (C=O) groups excluding carboxylic acids is 1. The second-order valence-electron chi connectivity index (χ2n) is 6.81. The number of hydrogen-bond donors (Lipinski definition) is 3. The molecule has 1 aromatic heterocycles. The first-order valence-electron chi connectivity index (χ1n) is 9.14. The molecule has 158 valence electrons. The van der Waals surface area contributed by atoms with E-state index in [0.29, 0.717) is 45.7 Å². The summed E-state index contributed by atoms with van der Waals surface area (Å²) in [6.07, 6.45) is 1.38. The van der Waals surface area contributed by atoms with Gasteiger partial charge >= 0.3 is 0 Å². The van der Waals surface area contributed by atoms with E-state index in [1.165, 1.54) is 12.4 Å². The lowest BCUT2D eigenvalue weighted by Crippen LogP contribution is -2.35. The second-order valence-corrected chi connectivity index (χ2v) is 7.73. The molecule has 0 aliphatic heterocycles. The fourth-order valence-corrected chi connectivity index (χ4v) is 3.07. The molecule has 4 N–H and O–H groups in total. The number of hydrogen-bond acceptors (Lipinski definition) is 7. The van der Waals surface area contributed by atoms with Gasteiger partial charge in [0.2, 0.25) is 5.91 Å². The summed E-state index contributed by atoms with van der Waals surface area (Å²) in [5.74, 6) is 0.373. The van der Waals surface area contributed by atoms with Gasteiger partial charge in [0, 0.05) is 15.9 Å². The number of fused-ring (bicyclic) bond motifs is 1. The van der Waals surface area contributed by atoms with Crippen molar-refractivity contribution >= 4 is 49.9 Å². The Morgan fingerprint density at radius 1 is 1.27 bits per heavy atom. The normalized spacial score (nSPS) is 11.0. The number of carbonyl (C=O) groups is 1. The summed E-state index contributed by atoms with van der Waals surface area (Å²) in [5.41, 5.74) is 7.38. The summed E-state index contributed by atoms with van der Waals surface area (Å²) in [5, 5.41) is 6.37. The highest BCUT2D eigenvalue weighted by Gasteiger charge is 2.11. The van der Waals surface area contributed by atoms with Crippen molar-refractivity contribution in [3.63, 3.8) is 0 Å². The third kappa shape index (κ3) is 5.55. The second kappa shape index (κ2) is 9.68. The van der Waals surface area contributed by atoms with E-state index in [4.69, 9.17) is 10.5 Å². The maximum absolute atomic E-state index is 14.2. The highest BCUT2D eigenvalue weighted by Crippen LogP contribution is 2.32. The Balaban J connectivity index is 1.72. The minimum atomic E-state index is -0.416. The molecule has 1 amide bonds. The van der Waals surface area contributed by atoms with Crippen LogP contribution in [0.4, 0.5) is 21.6 Å². The number of nitrogens with two attached hydrogens (primary N) is 1. The molecule has 0 spiro atoms. The van der Waals surface area contributed by atoms with Crippen molar-refractivity contribution in [1.82, 2.24) is 20.2 Å². The Morgan fingerprint density at radius 3 is 2.80 bits per heavy atom. The molecule has 0 saturated carbocycles. The molecule has 0 aliphatic carbocycles. The fraction of sp³-hybridized carbons (Fsp3) is 0.250. The topological polar surface area (TPSA) is 105 Å². The number of amides is 1. The molecule has 0 radical (unpaired) electrons. The molecule has 3 rings (SSSR count). The van der Waals surface area contributed by atoms with E-state index in [1.54, 1.807) is 29.2 Å². The van der Waals surface area contributed by atoms with E-state index in [2.05, 4.69) is 36.5 Å². The number of nitrogen functional groups attached to an aromatic ring is 1. The summed E-state index contributed by atoms with van der Waals surface area (Å²) in [6.45, 7) is 0.919. The van der Waals surface area contributed by atoms with Crippen LogP contribution in [0.3, 0.4) is 0 Å². The van der Waals surface area contributed by atoms with Crippen LogP contribution in [0.2, 0.25) is 0 Å². The average molecular weight is 477 g/mol. The Morgan fingerprint density at radius 2 is 2.07 bits per heavy atom. The molecule has 10 heteroatoms. The standard InChI is InChI=1S/C20H22BrFN6O2/c1-28(2)10-19(29)24-5-6-30-18-9-17-13(8-15(18)23)20(26-11-25-17)27-16-4-3-12(21)7-14(16)22/h3-4,7-9,11H,5-6,10,23H2,1-2H3,(H,24,29)(H,25,26,27). The van der Waals surface area contributed by atoms with Crippen LogP contribution in [0.15, 0.2) is 41.1 Å². The predicted molar refractivity (Wildman–Crippen MR) is 118 cm³/mol. The van der Waals surface area contributed by atoms with E-state index in [0.717, 1.165) is 0 Å². The summed E-state index contributed by atoms with van der Waals surface area (Å²) in [7, 11) is 3.64. The number of nitrogens with zero attached hydrogens (tertiary/aromatic N) is 3. The molecule has 8 nitrogen and oxygen atoms in total. The number of anilines is 3. The zero-order valence-electron chi connectivity index (χ0n) is 16.6. The van der Waals surface area contributed by atoms with Gasteiger partial charge in [0.1, 0.15) is 30.3 Å². The molecule has 0 atom stereocenters. The maximum Gasteiger partial charge on any atom is 0.234 e. The Hall–Kier alpha value is -2.98. The number of nitrogens with one attached hydrogen (secondary N) is 2. The highest BCUT2D eigenvalue weighted by molar-refractivity contribution is 9.10. The molecule has 0 unspecified atom stereocenters. The molecule has 30 heavy (non-hydrogen) atoms. The van der Waals surface area contributed by atoms with Crippen molar-refractivity contribution in [2.45, 2.75) is 0 Å². The van der Waals surface area contributed by atoms with Crippen LogP contribution in [0.1, 0.15) is 0 Å². The van der Waals surface area contributed by atoms with Crippen molar-refractivity contribution in [1.29, 1.82) is 0 Å². The smallest absolute Gasteiger partial charge is 0.234 e. The van der Waals surface area contributed by atoms with Gasteiger partial charge in [0.05, 0.1) is 30.0 Å². The van der Waals surface area contributed by atoms with Crippen LogP contribution < -0.4 is 21.1 Å². The predicted octanol–water partition coefficient (Wildman–Crippen LogP) is 2.91. The van der Waals surface area contributed by atoms with Crippen LogP contribution >= 0.6 is 15.9 Å². The van der Waals surface area contributed by atoms with Crippen molar-refractivity contribution in [2.24, 2.45) is 0 Å². The average Bonchev–Trinajstić information content (AvgIpc) is 2.67. The van der Waals surface area contributed by atoms with Gasteiger partial charge in [-0.3, -0.25) is 4.79 Å². The van der Waals surface area contributed by atoms with Crippen molar-refractivity contribution in [3.05, 3.63) is 46.9 Å². The number of likely N-dealkylation sites (N-methyl/N-ethyl adjacent to an activating group) is 1. The lowest BCUT2D eigenvalue weighted by Gasteiger charge is -2.14. The van der Waals surface area contributed by atoms with Crippen LogP contribution in [0.25, 0.3) is 10.9 Å². The van der Waals surface area contributed by atoms with E-state index in [-0.39, 0.29) is 18.2 Å². The third-order valence-electron chi connectivity index (χ3n) is 4.09. The quantitative estimate of drug-likeness (QED) is 0.339. The largest absolute Gasteiger partial charge is 0.490 e. The maximum atomic E-state index is 14.2. The van der Waals surface area contributed by atoms with Crippen molar-refractivity contribution in [3.8, 4) is 5.75 Å². The van der Waals surface area contributed by atoms with E-state index in [9.17, 15) is 9.18 Å². The van der Waals surface area contributed by atoms with Crippen LogP contribution in [-0.4, -0.2) is 54.6 Å². The summed E-state index contributed by atoms with van der Waals surface area (Å²) < 4.78 is 20.5. The highest BCUT2D eigenvalue weighted by atomic mass is 79.9. The molecule has 1 heterocycles. The molecular formula is C20H22BrFN6O2. The SMILES string of the molecule is CN(C)CC(=O)NCCOc1cc2ncnc(Nc3ccc(Br)cc3F)c2cc1N. The van der Waals surface area contributed by atoms with Crippen LogP contribution in [0.5, 0.6) is 5.75 Å². The minimum Gasteiger partial charge on any atom is -0.490 e. The number of halogens is 2. The van der Waals surface area contributed by atoms with Gasteiger partial charge < -0.3 is 26.0 Å². The Labute approximate surface area is 181 Å². The first kappa shape index (κ1) is 21.7. The monoisotopic (exact) mass is 476 g/mol. The third-order valence-corrected chi connectivity index (χ3v) is 4.59. The molecular weight excluding hydrogens is 455 g/mol. The molecule has 3 aromatic rings. The first-order valence-corrected chi connectivity index (χ1v) is 9.93. The van der Waals surface area contributed by atoms with Gasteiger partial charge in [-0.05, 0) is 38.4 Å². The van der Waals surface area contributed by atoms with Crippen molar-refractivity contribution in [2.75, 3.05) is 44.8 Å². The molecule has 0 fully saturated rings. The minimum absolute atomic E-state index is 0.0845. The summed E-state index contributed by atoms with van der Waals surface area (Å²) in [4.78, 5) is 21.9. The number of aromatic nitrogens is 2. The van der Waals surface area contributed by atoms with Gasteiger partial charge in [-0.15, -0.1) is 0 Å². The zero-order valence-corrected chi connectivity index (χ0v) is 18.2. The van der Waals surface area contributed by atoms with Gasteiger partial charge in [0.15, 0.2) is 0 Å². The number of ether oxygens (including phenoxy) is 1. The summed E-state index contributed by atoms with van der Waals surface area (Å²) >= 11 is 3.23. The van der Waals surface area contributed by atoms with Crippen LogP contribution in [-0.2, 0) is 4.79 Å². The molecule has 2 aromatic carbocycles. The van der Waals surface area contributed by atoms with Gasteiger partial charge in [0.25, 0.3) is 0 Å². The van der Waals surface area contributed by atoms with Crippen LogP contribution in [0, 0.1) is 5.82 Å². The van der Waals surface area contributed by atoms with E-state index < -0.39 is 5.82 Å².